The molecule has 0 heterocycles. The molecule has 0 saturated carbocycles. The third kappa shape index (κ3) is 8.72. The third-order valence-corrected chi connectivity index (χ3v) is 3.79. The summed E-state index contributed by atoms with van der Waals surface area (Å²) in [6, 6.07) is 0. The van der Waals surface area contributed by atoms with Gasteiger partial charge in [0, 0.05) is 0 Å². The minimum Gasteiger partial charge on any atom is -0.330 e. The van der Waals surface area contributed by atoms with Gasteiger partial charge in [-0.2, -0.15) is 21.6 Å². The first-order chi connectivity index (χ1) is 9.20. The van der Waals surface area contributed by atoms with Gasteiger partial charge in [-0.25, -0.2) is 4.18 Å². The van der Waals surface area contributed by atoms with E-state index in [2.05, 4.69) is 4.18 Å². The molecule has 0 rings (SSSR count). The van der Waals surface area contributed by atoms with Crippen molar-refractivity contribution >= 4 is 10.1 Å². The Morgan fingerprint density at radius 1 is 0.950 bits per heavy atom. The lowest BCUT2D eigenvalue weighted by Gasteiger charge is -2.14. The van der Waals surface area contributed by atoms with E-state index in [-0.39, 0.29) is 6.42 Å². The van der Waals surface area contributed by atoms with Crippen molar-refractivity contribution in [1.29, 1.82) is 0 Å². The Morgan fingerprint density at radius 2 is 1.40 bits per heavy atom. The first-order valence-corrected chi connectivity index (χ1v) is 8.06. The average Bonchev–Trinajstić information content (AvgIpc) is 2.30. The number of rotatable bonds is 11. The summed E-state index contributed by atoms with van der Waals surface area (Å²) in [7, 11) is -5.59. The van der Waals surface area contributed by atoms with E-state index in [0.717, 1.165) is 38.5 Å². The van der Waals surface area contributed by atoms with Crippen molar-refractivity contribution in [3.8, 4) is 0 Å². The fourth-order valence-corrected chi connectivity index (χ4v) is 2.17. The molecule has 0 radical (unpaired) electrons. The number of nitrogens with two attached hydrogens (primary N) is 2. The molecule has 0 saturated heterocycles. The Balaban J connectivity index is 3.67. The van der Waals surface area contributed by atoms with Crippen molar-refractivity contribution in [2.24, 2.45) is 11.5 Å². The SMILES string of the molecule is NCCCCCCCCCC(N)OS(=O)(=O)C(F)(F)F. The van der Waals surface area contributed by atoms with Gasteiger partial charge in [-0.15, -0.1) is 0 Å². The highest BCUT2D eigenvalue weighted by Crippen LogP contribution is 2.25. The van der Waals surface area contributed by atoms with Crippen LogP contribution in [0.4, 0.5) is 13.2 Å². The third-order valence-electron chi connectivity index (χ3n) is 2.73. The van der Waals surface area contributed by atoms with E-state index < -0.39 is 21.9 Å². The van der Waals surface area contributed by atoms with Crippen LogP contribution in [0.3, 0.4) is 0 Å². The van der Waals surface area contributed by atoms with Crippen molar-refractivity contribution in [3.05, 3.63) is 0 Å². The van der Waals surface area contributed by atoms with E-state index >= 15 is 0 Å². The molecule has 1 atom stereocenters. The van der Waals surface area contributed by atoms with Crippen LogP contribution >= 0.6 is 0 Å². The molecular formula is C11H23F3N2O3S. The molecule has 0 amide bonds. The maximum absolute atomic E-state index is 12.0. The van der Waals surface area contributed by atoms with Crippen LogP contribution in [-0.2, 0) is 14.3 Å². The molecule has 0 bridgehead atoms. The van der Waals surface area contributed by atoms with Gasteiger partial charge in [0.1, 0.15) is 6.23 Å². The molecular weight excluding hydrogens is 297 g/mol. The number of hydrogen-bond donors (Lipinski definition) is 2. The molecule has 4 N–H and O–H groups in total. The predicted molar refractivity (Wildman–Crippen MR) is 70.0 cm³/mol. The molecule has 122 valence electrons. The van der Waals surface area contributed by atoms with Gasteiger partial charge in [-0.1, -0.05) is 32.1 Å². The lowest BCUT2D eigenvalue weighted by atomic mass is 10.1. The first kappa shape index (κ1) is 19.6. The lowest BCUT2D eigenvalue weighted by molar-refractivity contribution is -0.0574. The second-order valence-corrected chi connectivity index (χ2v) is 6.15. The number of unbranched alkanes of at least 4 members (excludes halogenated alkanes) is 6. The van der Waals surface area contributed by atoms with Gasteiger partial charge >= 0.3 is 15.6 Å². The molecule has 9 heteroatoms. The normalized spacial score (nSPS) is 14.4. The molecule has 0 fully saturated rings. The summed E-state index contributed by atoms with van der Waals surface area (Å²) in [4.78, 5) is 0. The summed E-state index contributed by atoms with van der Waals surface area (Å²) in [5.41, 5.74) is 5.15. The summed E-state index contributed by atoms with van der Waals surface area (Å²) in [6.07, 6.45) is 5.05. The Hall–Kier alpha value is -0.380. The number of alkyl halides is 3. The molecule has 0 aliphatic carbocycles. The van der Waals surface area contributed by atoms with Gasteiger partial charge in [0.25, 0.3) is 0 Å². The minimum atomic E-state index is -5.59. The summed E-state index contributed by atoms with van der Waals surface area (Å²) in [5, 5.41) is 0. The molecule has 0 aliphatic rings. The maximum atomic E-state index is 12.0. The summed E-state index contributed by atoms with van der Waals surface area (Å²) in [5.74, 6) is 0. The van der Waals surface area contributed by atoms with Crippen molar-refractivity contribution in [2.75, 3.05) is 6.54 Å². The second kappa shape index (κ2) is 9.54. The second-order valence-electron chi connectivity index (χ2n) is 4.59. The molecule has 0 aromatic heterocycles. The van der Waals surface area contributed by atoms with E-state index in [9.17, 15) is 21.6 Å². The van der Waals surface area contributed by atoms with Gasteiger partial charge in [0.15, 0.2) is 0 Å². The fourth-order valence-electron chi connectivity index (χ4n) is 1.64. The van der Waals surface area contributed by atoms with Crippen LogP contribution in [0, 0.1) is 0 Å². The molecule has 1 unspecified atom stereocenters. The van der Waals surface area contributed by atoms with Crippen LogP contribution in [0.15, 0.2) is 0 Å². The Labute approximate surface area is 118 Å². The molecule has 5 nitrogen and oxygen atoms in total. The highest BCUT2D eigenvalue weighted by molar-refractivity contribution is 7.87. The van der Waals surface area contributed by atoms with Gasteiger partial charge in [-0.3, -0.25) is 0 Å². The van der Waals surface area contributed by atoms with Crippen LogP contribution in [0.2, 0.25) is 0 Å². The van der Waals surface area contributed by atoms with Gasteiger partial charge in [0.05, 0.1) is 0 Å². The summed E-state index contributed by atoms with van der Waals surface area (Å²) < 4.78 is 61.2. The highest BCUT2D eigenvalue weighted by atomic mass is 32.2. The first-order valence-electron chi connectivity index (χ1n) is 6.66. The van der Waals surface area contributed by atoms with Crippen molar-refractivity contribution in [2.45, 2.75) is 63.1 Å². The van der Waals surface area contributed by atoms with Crippen LogP contribution in [0.5, 0.6) is 0 Å². The number of hydrogen-bond acceptors (Lipinski definition) is 5. The molecule has 0 aliphatic heterocycles. The molecule has 0 spiro atoms. The largest absolute Gasteiger partial charge is 0.523 e. The van der Waals surface area contributed by atoms with E-state index in [0.29, 0.717) is 13.0 Å². The van der Waals surface area contributed by atoms with Crippen LogP contribution < -0.4 is 11.5 Å². The molecule has 0 aromatic rings. The van der Waals surface area contributed by atoms with Gasteiger partial charge in [0.2, 0.25) is 0 Å². The topological polar surface area (TPSA) is 95.4 Å². The monoisotopic (exact) mass is 320 g/mol. The standard InChI is InChI=1S/C11H23F3N2O3S/c12-11(13,14)20(17,18)19-10(16)8-6-4-2-1-3-5-7-9-15/h10H,1-9,15-16H2. The van der Waals surface area contributed by atoms with Crippen LogP contribution in [0.1, 0.15) is 51.4 Å². The summed E-state index contributed by atoms with van der Waals surface area (Å²) >= 11 is 0. The van der Waals surface area contributed by atoms with E-state index in [4.69, 9.17) is 11.5 Å². The summed E-state index contributed by atoms with van der Waals surface area (Å²) in [6.45, 7) is 0.680. The Bertz CT molecular complexity index is 347. The van der Waals surface area contributed by atoms with Crippen LogP contribution in [0.25, 0.3) is 0 Å². The number of halogens is 3. The fraction of sp³-hybridized carbons (Fsp3) is 1.00. The van der Waals surface area contributed by atoms with E-state index in [1.165, 1.54) is 0 Å². The van der Waals surface area contributed by atoms with Crippen molar-refractivity contribution in [3.63, 3.8) is 0 Å². The van der Waals surface area contributed by atoms with Crippen molar-refractivity contribution in [1.82, 2.24) is 0 Å². The predicted octanol–water partition coefficient (Wildman–Crippen LogP) is 2.22. The zero-order valence-electron chi connectivity index (χ0n) is 11.4. The van der Waals surface area contributed by atoms with Gasteiger partial charge < -0.3 is 11.5 Å². The zero-order valence-corrected chi connectivity index (χ0v) is 12.2. The van der Waals surface area contributed by atoms with Crippen LogP contribution in [-0.4, -0.2) is 26.7 Å². The minimum absolute atomic E-state index is 0.0815. The van der Waals surface area contributed by atoms with E-state index in [1.54, 1.807) is 0 Å². The lowest BCUT2D eigenvalue weighted by Crippen LogP contribution is -2.34. The van der Waals surface area contributed by atoms with Crippen molar-refractivity contribution < 1.29 is 25.8 Å². The zero-order chi connectivity index (χ0) is 15.6. The Kier molecular flexibility index (Phi) is 9.36. The highest BCUT2D eigenvalue weighted by Gasteiger charge is 2.48. The molecule has 20 heavy (non-hydrogen) atoms. The Morgan fingerprint density at radius 3 is 1.85 bits per heavy atom. The van der Waals surface area contributed by atoms with Gasteiger partial charge in [-0.05, 0) is 25.8 Å². The maximum Gasteiger partial charge on any atom is 0.523 e. The smallest absolute Gasteiger partial charge is 0.330 e. The van der Waals surface area contributed by atoms with E-state index in [1.807, 2.05) is 0 Å². The average molecular weight is 320 g/mol. The molecule has 0 aromatic carbocycles. The quantitative estimate of drug-likeness (QED) is 0.263.